The van der Waals surface area contributed by atoms with E-state index in [1.165, 1.54) is 0 Å². The van der Waals surface area contributed by atoms with Gasteiger partial charge in [0.2, 0.25) is 15.9 Å². The smallest absolute Gasteiger partial charge is 0.226 e. The first-order chi connectivity index (χ1) is 12.8. The Bertz CT molecular complexity index is 1060. The van der Waals surface area contributed by atoms with Gasteiger partial charge in [-0.3, -0.25) is 4.79 Å². The maximum atomic E-state index is 12.6. The van der Waals surface area contributed by atoms with E-state index in [0.29, 0.717) is 16.3 Å². The van der Waals surface area contributed by atoms with E-state index >= 15 is 0 Å². The van der Waals surface area contributed by atoms with Crippen LogP contribution in [-0.2, 0) is 14.8 Å². The van der Waals surface area contributed by atoms with E-state index in [2.05, 4.69) is 10.0 Å². The fourth-order valence-corrected chi connectivity index (χ4v) is 3.76. The van der Waals surface area contributed by atoms with Crippen molar-refractivity contribution < 1.29 is 13.2 Å². The monoisotopic (exact) mass is 402 g/mol. The van der Waals surface area contributed by atoms with Crippen LogP contribution in [0, 0.1) is 0 Å². The number of halogens is 1. The lowest BCUT2D eigenvalue weighted by molar-refractivity contribution is -0.116. The molecule has 7 heteroatoms. The number of nitrogens with one attached hydrogen (secondary N) is 2. The summed E-state index contributed by atoms with van der Waals surface area (Å²) in [7, 11) is -3.50. The maximum absolute atomic E-state index is 12.6. The summed E-state index contributed by atoms with van der Waals surface area (Å²) in [5.41, 5.74) is 1.35. The Kier molecular flexibility index (Phi) is 5.79. The third kappa shape index (κ3) is 5.29. The van der Waals surface area contributed by atoms with Crippen LogP contribution in [0.2, 0.25) is 5.02 Å². The number of amides is 1. The molecular weight excluding hydrogens is 384 g/mol. The molecule has 2 N–H and O–H groups in total. The van der Waals surface area contributed by atoms with Gasteiger partial charge in [0.05, 0.1) is 12.3 Å². The van der Waals surface area contributed by atoms with Gasteiger partial charge in [-0.05, 0) is 29.1 Å². The fraction of sp³-hybridized carbons (Fsp3) is 0.150. The second-order valence-corrected chi connectivity index (χ2v) is 8.49. The van der Waals surface area contributed by atoms with E-state index in [1.54, 1.807) is 24.3 Å². The third-order valence-corrected chi connectivity index (χ3v) is 5.05. The van der Waals surface area contributed by atoms with Gasteiger partial charge in [0.15, 0.2) is 0 Å². The molecule has 0 bridgehead atoms. The minimum absolute atomic E-state index is 0.0437. The molecule has 0 fully saturated rings. The predicted molar refractivity (Wildman–Crippen MR) is 109 cm³/mol. The topological polar surface area (TPSA) is 75.3 Å². The van der Waals surface area contributed by atoms with E-state index in [1.807, 2.05) is 42.5 Å². The third-order valence-electron chi connectivity index (χ3n) is 4.08. The number of anilines is 1. The van der Waals surface area contributed by atoms with Gasteiger partial charge < -0.3 is 5.32 Å². The SMILES string of the molecule is CS(=O)(=O)N[C@@H](CC(=O)Nc1cccc2ccccc12)c1ccc(Cl)cc1. The largest absolute Gasteiger partial charge is 0.325 e. The molecule has 3 rings (SSSR count). The summed E-state index contributed by atoms with van der Waals surface area (Å²) in [6.45, 7) is 0. The summed E-state index contributed by atoms with van der Waals surface area (Å²) in [4.78, 5) is 12.6. The van der Waals surface area contributed by atoms with Gasteiger partial charge in [0.25, 0.3) is 0 Å². The summed E-state index contributed by atoms with van der Waals surface area (Å²) in [5.74, 6) is -0.289. The number of hydrogen-bond acceptors (Lipinski definition) is 3. The normalized spacial score (nSPS) is 12.7. The molecule has 0 aromatic heterocycles. The Balaban J connectivity index is 1.82. The van der Waals surface area contributed by atoms with E-state index < -0.39 is 16.1 Å². The van der Waals surface area contributed by atoms with Crippen molar-refractivity contribution in [1.29, 1.82) is 0 Å². The zero-order chi connectivity index (χ0) is 19.4. The average Bonchev–Trinajstić information content (AvgIpc) is 2.61. The number of rotatable bonds is 6. The molecule has 0 saturated carbocycles. The summed E-state index contributed by atoms with van der Waals surface area (Å²) in [5, 5.41) is 5.36. The highest BCUT2D eigenvalue weighted by Gasteiger charge is 2.20. The minimum atomic E-state index is -3.50. The van der Waals surface area contributed by atoms with Crippen LogP contribution in [0.3, 0.4) is 0 Å². The van der Waals surface area contributed by atoms with Crippen molar-refractivity contribution in [1.82, 2.24) is 4.72 Å². The van der Waals surface area contributed by atoms with Crippen molar-refractivity contribution in [2.75, 3.05) is 11.6 Å². The number of carbonyl (C=O) groups excluding carboxylic acids is 1. The predicted octanol–water partition coefficient (Wildman–Crippen LogP) is 4.11. The second-order valence-electron chi connectivity index (χ2n) is 6.27. The molecule has 0 aliphatic carbocycles. The highest BCUT2D eigenvalue weighted by molar-refractivity contribution is 7.88. The lowest BCUT2D eigenvalue weighted by Crippen LogP contribution is -2.30. The van der Waals surface area contributed by atoms with Crippen LogP contribution in [0.5, 0.6) is 0 Å². The maximum Gasteiger partial charge on any atom is 0.226 e. The lowest BCUT2D eigenvalue weighted by Gasteiger charge is -2.18. The van der Waals surface area contributed by atoms with Crippen molar-refractivity contribution in [2.45, 2.75) is 12.5 Å². The lowest BCUT2D eigenvalue weighted by atomic mass is 10.0. The van der Waals surface area contributed by atoms with Gasteiger partial charge in [0, 0.05) is 22.5 Å². The molecule has 0 aliphatic heterocycles. The molecule has 1 amide bonds. The molecule has 0 radical (unpaired) electrons. The molecular formula is C20H19ClN2O3S. The van der Waals surface area contributed by atoms with E-state index in [0.717, 1.165) is 17.0 Å². The van der Waals surface area contributed by atoms with Crippen LogP contribution >= 0.6 is 11.6 Å². The van der Waals surface area contributed by atoms with Crippen molar-refractivity contribution in [3.8, 4) is 0 Å². The van der Waals surface area contributed by atoms with Crippen molar-refractivity contribution in [3.63, 3.8) is 0 Å². The first-order valence-electron chi connectivity index (χ1n) is 8.32. The van der Waals surface area contributed by atoms with Crippen LogP contribution in [0.15, 0.2) is 66.7 Å². The van der Waals surface area contributed by atoms with Gasteiger partial charge in [-0.15, -0.1) is 0 Å². The Morgan fingerprint density at radius 2 is 1.67 bits per heavy atom. The van der Waals surface area contributed by atoms with Gasteiger partial charge in [-0.1, -0.05) is 60.1 Å². The van der Waals surface area contributed by atoms with Gasteiger partial charge >= 0.3 is 0 Å². The Hall–Kier alpha value is -2.41. The van der Waals surface area contributed by atoms with Crippen molar-refractivity contribution >= 4 is 44.0 Å². The number of carbonyl (C=O) groups is 1. The molecule has 0 spiro atoms. The zero-order valence-electron chi connectivity index (χ0n) is 14.6. The standard InChI is InChI=1S/C20H19ClN2O3S/c1-27(25,26)23-19(15-9-11-16(21)12-10-15)13-20(24)22-18-8-4-6-14-5-2-3-7-17(14)18/h2-12,19,23H,13H2,1H3,(H,22,24)/t19-/m0/s1. The Labute approximate surface area is 163 Å². The number of fused-ring (bicyclic) bond motifs is 1. The van der Waals surface area contributed by atoms with Crippen molar-refractivity contribution in [2.24, 2.45) is 0 Å². The first-order valence-corrected chi connectivity index (χ1v) is 10.6. The Morgan fingerprint density at radius 1 is 1.00 bits per heavy atom. The molecule has 3 aromatic rings. The number of sulfonamides is 1. The number of hydrogen-bond donors (Lipinski definition) is 2. The second kappa shape index (κ2) is 8.08. The molecule has 3 aromatic carbocycles. The summed E-state index contributed by atoms with van der Waals surface area (Å²) in [6, 6.07) is 19.4. The number of benzene rings is 3. The molecule has 27 heavy (non-hydrogen) atoms. The summed E-state index contributed by atoms with van der Waals surface area (Å²) in [6.07, 6.45) is 1.02. The van der Waals surface area contributed by atoms with Crippen LogP contribution < -0.4 is 10.0 Å². The van der Waals surface area contributed by atoms with E-state index in [-0.39, 0.29) is 12.3 Å². The molecule has 0 saturated heterocycles. The van der Waals surface area contributed by atoms with Gasteiger partial charge in [0.1, 0.15) is 0 Å². The average molecular weight is 403 g/mol. The van der Waals surface area contributed by atoms with Crippen molar-refractivity contribution in [3.05, 3.63) is 77.3 Å². The molecule has 140 valence electrons. The quantitative estimate of drug-likeness (QED) is 0.651. The Morgan fingerprint density at radius 3 is 2.37 bits per heavy atom. The van der Waals surface area contributed by atoms with E-state index in [9.17, 15) is 13.2 Å². The zero-order valence-corrected chi connectivity index (χ0v) is 16.2. The molecule has 5 nitrogen and oxygen atoms in total. The fourth-order valence-electron chi connectivity index (χ4n) is 2.90. The summed E-state index contributed by atoms with van der Waals surface area (Å²) < 4.78 is 26.0. The minimum Gasteiger partial charge on any atom is -0.325 e. The van der Waals surface area contributed by atoms with Crippen LogP contribution in [0.4, 0.5) is 5.69 Å². The molecule has 0 heterocycles. The molecule has 0 aliphatic rings. The van der Waals surface area contributed by atoms with Crippen LogP contribution in [0.1, 0.15) is 18.0 Å². The van der Waals surface area contributed by atoms with Crippen LogP contribution in [0.25, 0.3) is 10.8 Å². The highest BCUT2D eigenvalue weighted by atomic mass is 35.5. The van der Waals surface area contributed by atoms with Gasteiger partial charge in [-0.25, -0.2) is 13.1 Å². The van der Waals surface area contributed by atoms with Crippen LogP contribution in [-0.4, -0.2) is 20.6 Å². The van der Waals surface area contributed by atoms with Gasteiger partial charge in [-0.2, -0.15) is 0 Å². The molecule has 1 atom stereocenters. The van der Waals surface area contributed by atoms with E-state index in [4.69, 9.17) is 11.6 Å². The molecule has 0 unspecified atom stereocenters. The highest BCUT2D eigenvalue weighted by Crippen LogP contribution is 2.25. The summed E-state index contributed by atoms with van der Waals surface area (Å²) >= 11 is 5.90. The first kappa shape index (κ1) is 19.4.